The van der Waals surface area contributed by atoms with Gasteiger partial charge in [-0.1, -0.05) is 18.2 Å². The first kappa shape index (κ1) is 19.3. The summed E-state index contributed by atoms with van der Waals surface area (Å²) in [5.74, 6) is 2.93. The van der Waals surface area contributed by atoms with Gasteiger partial charge < -0.3 is 19.7 Å². The zero-order chi connectivity index (χ0) is 19.5. The Kier molecular flexibility index (Phi) is 5.88. The molecule has 2 aromatic carbocycles. The third kappa shape index (κ3) is 4.18. The summed E-state index contributed by atoms with van der Waals surface area (Å²) in [4.78, 5) is 2.40. The molecule has 4 heteroatoms. The van der Waals surface area contributed by atoms with Crippen LogP contribution in [-0.4, -0.2) is 44.8 Å². The van der Waals surface area contributed by atoms with Gasteiger partial charge in [0.15, 0.2) is 0 Å². The average molecular weight is 381 g/mol. The molecule has 4 rings (SSSR count). The molecule has 2 unspecified atom stereocenters. The van der Waals surface area contributed by atoms with Gasteiger partial charge in [0.05, 0.1) is 13.2 Å². The zero-order valence-corrected chi connectivity index (χ0v) is 17.3. The molecule has 2 aliphatic rings. The van der Waals surface area contributed by atoms with Gasteiger partial charge in [0.1, 0.15) is 11.5 Å². The van der Waals surface area contributed by atoms with Gasteiger partial charge >= 0.3 is 0 Å². The fourth-order valence-corrected chi connectivity index (χ4v) is 4.67. The maximum Gasteiger partial charge on any atom is 0.120 e. The van der Waals surface area contributed by atoms with E-state index in [1.807, 2.05) is 6.07 Å². The molecule has 0 radical (unpaired) electrons. The van der Waals surface area contributed by atoms with E-state index in [9.17, 15) is 0 Å². The van der Waals surface area contributed by atoms with Crippen LogP contribution in [0.5, 0.6) is 11.5 Å². The van der Waals surface area contributed by atoms with E-state index in [1.54, 1.807) is 7.11 Å². The standard InChI is InChI=1S/C24H32N2O2/c1-17(18-9-11-25-12-10-18)28-22-7-8-23-20(14-22)15-26(2)16-24(23)19-5-4-6-21(13-19)27-3/h4-8,13-14,17-18,24-25H,9-12,15-16H2,1-3H3. The molecule has 0 spiro atoms. The second-order valence-corrected chi connectivity index (χ2v) is 8.30. The van der Waals surface area contributed by atoms with Crippen molar-refractivity contribution in [1.82, 2.24) is 10.2 Å². The van der Waals surface area contributed by atoms with Crippen LogP contribution in [0.1, 0.15) is 42.4 Å². The normalized spacial score (nSPS) is 21.8. The van der Waals surface area contributed by atoms with Crippen molar-refractivity contribution in [3.05, 3.63) is 59.2 Å². The second-order valence-electron chi connectivity index (χ2n) is 8.30. The Balaban J connectivity index is 1.56. The Hall–Kier alpha value is -2.04. The molecule has 0 amide bonds. The number of nitrogens with zero attached hydrogens (tertiary/aromatic N) is 1. The highest BCUT2D eigenvalue weighted by atomic mass is 16.5. The van der Waals surface area contributed by atoms with Crippen molar-refractivity contribution < 1.29 is 9.47 Å². The lowest BCUT2D eigenvalue weighted by molar-refractivity contribution is 0.128. The number of fused-ring (bicyclic) bond motifs is 1. The highest BCUT2D eigenvalue weighted by molar-refractivity contribution is 5.45. The smallest absolute Gasteiger partial charge is 0.120 e. The van der Waals surface area contributed by atoms with E-state index in [1.165, 1.54) is 29.5 Å². The molecule has 0 aliphatic carbocycles. The van der Waals surface area contributed by atoms with Crippen molar-refractivity contribution in [2.24, 2.45) is 5.92 Å². The van der Waals surface area contributed by atoms with Crippen molar-refractivity contribution >= 4 is 0 Å². The first-order valence-corrected chi connectivity index (χ1v) is 10.5. The van der Waals surface area contributed by atoms with Crippen molar-refractivity contribution in [2.45, 2.75) is 38.3 Å². The van der Waals surface area contributed by atoms with Crippen molar-refractivity contribution in [3.8, 4) is 11.5 Å². The van der Waals surface area contributed by atoms with Gasteiger partial charge in [-0.3, -0.25) is 0 Å². The number of hydrogen-bond acceptors (Lipinski definition) is 4. The van der Waals surface area contributed by atoms with Crippen LogP contribution < -0.4 is 14.8 Å². The lowest BCUT2D eigenvalue weighted by Gasteiger charge is -2.33. The van der Waals surface area contributed by atoms with Gasteiger partial charge in [-0.15, -0.1) is 0 Å². The summed E-state index contributed by atoms with van der Waals surface area (Å²) in [6, 6.07) is 15.2. The molecular weight excluding hydrogens is 348 g/mol. The topological polar surface area (TPSA) is 33.7 Å². The van der Waals surface area contributed by atoms with Crippen LogP contribution in [-0.2, 0) is 6.54 Å². The predicted octanol–water partition coefficient (Wildman–Crippen LogP) is 4.04. The number of ether oxygens (including phenoxy) is 2. The summed E-state index contributed by atoms with van der Waals surface area (Å²) in [7, 11) is 3.93. The molecule has 0 saturated carbocycles. The lowest BCUT2D eigenvalue weighted by Crippen LogP contribution is -2.35. The first-order valence-electron chi connectivity index (χ1n) is 10.5. The third-order valence-corrected chi connectivity index (χ3v) is 6.29. The summed E-state index contributed by atoms with van der Waals surface area (Å²) >= 11 is 0. The fourth-order valence-electron chi connectivity index (χ4n) is 4.67. The Morgan fingerprint density at radius 1 is 1.07 bits per heavy atom. The van der Waals surface area contributed by atoms with Crippen molar-refractivity contribution in [3.63, 3.8) is 0 Å². The number of methoxy groups -OCH3 is 1. The Morgan fingerprint density at radius 3 is 2.68 bits per heavy atom. The summed E-state index contributed by atoms with van der Waals surface area (Å²) < 4.78 is 11.8. The van der Waals surface area contributed by atoms with E-state index in [0.717, 1.165) is 37.7 Å². The van der Waals surface area contributed by atoms with Crippen LogP contribution in [0.4, 0.5) is 0 Å². The highest BCUT2D eigenvalue weighted by Gasteiger charge is 2.26. The Labute approximate surface area is 168 Å². The average Bonchev–Trinajstić information content (AvgIpc) is 2.73. The molecule has 4 nitrogen and oxygen atoms in total. The molecule has 1 fully saturated rings. The van der Waals surface area contributed by atoms with Gasteiger partial charge in [0.2, 0.25) is 0 Å². The molecule has 2 aliphatic heterocycles. The number of benzene rings is 2. The van der Waals surface area contributed by atoms with E-state index < -0.39 is 0 Å². The number of hydrogen-bond donors (Lipinski definition) is 1. The number of piperidine rings is 1. The van der Waals surface area contributed by atoms with Crippen LogP contribution >= 0.6 is 0 Å². The molecule has 2 atom stereocenters. The van der Waals surface area contributed by atoms with Gasteiger partial charge in [0.25, 0.3) is 0 Å². The van der Waals surface area contributed by atoms with Gasteiger partial charge in [0, 0.05) is 19.0 Å². The number of likely N-dealkylation sites (N-methyl/N-ethyl adjacent to an activating group) is 1. The fraction of sp³-hybridized carbons (Fsp3) is 0.500. The molecule has 2 heterocycles. The van der Waals surface area contributed by atoms with Crippen molar-refractivity contribution in [2.75, 3.05) is 33.8 Å². The Bertz CT molecular complexity index is 801. The maximum absolute atomic E-state index is 6.37. The molecule has 0 aromatic heterocycles. The summed E-state index contributed by atoms with van der Waals surface area (Å²) in [6.45, 7) is 6.42. The van der Waals surface area contributed by atoms with E-state index in [4.69, 9.17) is 9.47 Å². The minimum absolute atomic E-state index is 0.260. The maximum atomic E-state index is 6.37. The minimum Gasteiger partial charge on any atom is -0.497 e. The van der Waals surface area contributed by atoms with Gasteiger partial charge in [-0.2, -0.15) is 0 Å². The molecule has 2 aromatic rings. The largest absolute Gasteiger partial charge is 0.497 e. The van der Waals surface area contributed by atoms with E-state index in [-0.39, 0.29) is 6.10 Å². The molecule has 1 N–H and O–H groups in total. The highest BCUT2D eigenvalue weighted by Crippen LogP contribution is 2.36. The minimum atomic E-state index is 0.260. The quantitative estimate of drug-likeness (QED) is 0.849. The van der Waals surface area contributed by atoms with Crippen molar-refractivity contribution in [1.29, 1.82) is 0 Å². The van der Waals surface area contributed by atoms with Crippen LogP contribution in [0, 0.1) is 5.92 Å². The molecular formula is C24H32N2O2. The van der Waals surface area contributed by atoms with Crippen LogP contribution in [0.2, 0.25) is 0 Å². The van der Waals surface area contributed by atoms with Crippen LogP contribution in [0.25, 0.3) is 0 Å². The summed E-state index contributed by atoms with van der Waals surface area (Å²) in [6.07, 6.45) is 2.66. The molecule has 150 valence electrons. The van der Waals surface area contributed by atoms with E-state index in [0.29, 0.717) is 11.8 Å². The van der Waals surface area contributed by atoms with E-state index >= 15 is 0 Å². The second kappa shape index (κ2) is 8.54. The lowest BCUT2D eigenvalue weighted by atomic mass is 9.84. The van der Waals surface area contributed by atoms with Gasteiger partial charge in [-0.05, 0) is 86.8 Å². The summed E-state index contributed by atoms with van der Waals surface area (Å²) in [5.41, 5.74) is 4.09. The molecule has 28 heavy (non-hydrogen) atoms. The zero-order valence-electron chi connectivity index (χ0n) is 17.3. The first-order chi connectivity index (χ1) is 13.6. The summed E-state index contributed by atoms with van der Waals surface area (Å²) in [5, 5.41) is 3.44. The van der Waals surface area contributed by atoms with E-state index in [2.05, 4.69) is 60.6 Å². The van der Waals surface area contributed by atoms with Crippen LogP contribution in [0.3, 0.4) is 0 Å². The third-order valence-electron chi connectivity index (χ3n) is 6.29. The number of rotatable bonds is 5. The molecule has 0 bridgehead atoms. The monoisotopic (exact) mass is 380 g/mol. The SMILES string of the molecule is COc1cccc(C2CN(C)Cc3cc(OC(C)C4CCNCC4)ccc32)c1. The van der Waals surface area contributed by atoms with Crippen LogP contribution in [0.15, 0.2) is 42.5 Å². The van der Waals surface area contributed by atoms with Gasteiger partial charge in [-0.25, -0.2) is 0 Å². The predicted molar refractivity (Wildman–Crippen MR) is 113 cm³/mol. The number of nitrogens with one attached hydrogen (secondary N) is 1. The Morgan fingerprint density at radius 2 is 1.89 bits per heavy atom. The molecule has 1 saturated heterocycles.